The Kier molecular flexibility index (Phi) is 5.30. The minimum absolute atomic E-state index is 0.0406. The van der Waals surface area contributed by atoms with Crippen LogP contribution in [0, 0.1) is 0 Å². The van der Waals surface area contributed by atoms with Crippen LogP contribution >= 0.6 is 0 Å². The Balaban J connectivity index is 1.77. The summed E-state index contributed by atoms with van der Waals surface area (Å²) >= 11 is 0. The Morgan fingerprint density at radius 3 is 2.62 bits per heavy atom. The zero-order valence-corrected chi connectivity index (χ0v) is 11.4. The van der Waals surface area contributed by atoms with Crippen molar-refractivity contribution in [1.82, 2.24) is 0 Å². The molecule has 1 aliphatic heterocycles. The Labute approximate surface area is 120 Å². The topological polar surface area (TPSA) is 47.9 Å². The Bertz CT molecular complexity index is 462. The summed E-state index contributed by atoms with van der Waals surface area (Å²) in [6.07, 6.45) is -6.07. The predicted molar refractivity (Wildman–Crippen MR) is 68.5 cm³/mol. The molecule has 118 valence electrons. The lowest BCUT2D eigenvalue weighted by molar-refractivity contribution is -0.138. The molecule has 4 nitrogen and oxygen atoms in total. The number of benzene rings is 1. The third-order valence-electron chi connectivity index (χ3n) is 2.98. The predicted octanol–water partition coefficient (Wildman–Crippen LogP) is 2.85. The van der Waals surface area contributed by atoms with Crippen molar-refractivity contribution in [3.8, 4) is 11.5 Å². The first-order valence-corrected chi connectivity index (χ1v) is 6.68. The molecule has 1 unspecified atom stereocenters. The largest absolute Gasteiger partial charge is 0.486 e. The van der Waals surface area contributed by atoms with Gasteiger partial charge in [-0.15, -0.1) is 0 Å². The zero-order chi connectivity index (χ0) is 15.3. The summed E-state index contributed by atoms with van der Waals surface area (Å²) in [4.78, 5) is 0. The number of fused-ring (bicyclic) bond motifs is 1. The summed E-state index contributed by atoms with van der Waals surface area (Å²) in [5, 5.41) is 9.94. The van der Waals surface area contributed by atoms with Gasteiger partial charge in [-0.1, -0.05) is 6.07 Å². The fourth-order valence-electron chi connectivity index (χ4n) is 1.93. The number of aliphatic hydroxyl groups excluding tert-OH is 1. The van der Waals surface area contributed by atoms with Crippen LogP contribution in [0.1, 0.15) is 24.5 Å². The van der Waals surface area contributed by atoms with Gasteiger partial charge in [0, 0.05) is 13.0 Å². The summed E-state index contributed by atoms with van der Waals surface area (Å²) in [7, 11) is 0. The number of alkyl halides is 3. The van der Waals surface area contributed by atoms with Crippen LogP contribution in [-0.2, 0) is 4.74 Å². The van der Waals surface area contributed by atoms with Crippen LogP contribution in [0.5, 0.6) is 11.5 Å². The number of ether oxygens (including phenoxy) is 3. The highest BCUT2D eigenvalue weighted by Gasteiger charge is 2.26. The zero-order valence-electron chi connectivity index (χ0n) is 11.4. The van der Waals surface area contributed by atoms with Gasteiger partial charge in [0.25, 0.3) is 0 Å². The molecule has 0 saturated carbocycles. The molecule has 21 heavy (non-hydrogen) atoms. The van der Waals surface area contributed by atoms with E-state index in [0.29, 0.717) is 30.3 Å². The van der Waals surface area contributed by atoms with Crippen LogP contribution in [0.4, 0.5) is 13.2 Å². The molecule has 0 aliphatic carbocycles. The van der Waals surface area contributed by atoms with E-state index >= 15 is 0 Å². The molecule has 1 atom stereocenters. The van der Waals surface area contributed by atoms with Gasteiger partial charge in [-0.05, 0) is 24.1 Å². The molecule has 1 aliphatic rings. The lowest BCUT2D eigenvalue weighted by Crippen LogP contribution is -2.16. The molecule has 7 heteroatoms. The van der Waals surface area contributed by atoms with Crippen molar-refractivity contribution in [1.29, 1.82) is 0 Å². The third kappa shape index (κ3) is 5.09. The molecule has 0 aromatic heterocycles. The van der Waals surface area contributed by atoms with Gasteiger partial charge in [-0.3, -0.25) is 0 Å². The van der Waals surface area contributed by atoms with E-state index in [2.05, 4.69) is 0 Å². The smallest absolute Gasteiger partial charge is 0.389 e. The molecule has 0 spiro atoms. The third-order valence-corrected chi connectivity index (χ3v) is 2.98. The second-order valence-electron chi connectivity index (χ2n) is 4.71. The van der Waals surface area contributed by atoms with Gasteiger partial charge in [-0.2, -0.15) is 13.2 Å². The standard InChI is InChI=1S/C14H17F3O4/c15-14(16,17)4-1-5-19-9-11(18)10-2-3-12-13(8-10)21-7-6-20-12/h2-3,8,11,18H,1,4-7,9H2. The van der Waals surface area contributed by atoms with Crippen LogP contribution < -0.4 is 9.47 Å². The Morgan fingerprint density at radius 1 is 1.19 bits per heavy atom. The summed E-state index contributed by atoms with van der Waals surface area (Å²) in [5.41, 5.74) is 0.579. The normalized spacial score (nSPS) is 15.8. The lowest BCUT2D eigenvalue weighted by Gasteiger charge is -2.20. The Morgan fingerprint density at radius 2 is 1.90 bits per heavy atom. The number of rotatable bonds is 6. The maximum atomic E-state index is 11.9. The van der Waals surface area contributed by atoms with Crippen LogP contribution in [0.15, 0.2) is 18.2 Å². The lowest BCUT2D eigenvalue weighted by atomic mass is 10.1. The molecule has 0 saturated heterocycles. The first-order chi connectivity index (χ1) is 9.96. The van der Waals surface area contributed by atoms with Gasteiger partial charge < -0.3 is 19.3 Å². The van der Waals surface area contributed by atoms with E-state index in [9.17, 15) is 18.3 Å². The molecule has 1 heterocycles. The van der Waals surface area contributed by atoms with Gasteiger partial charge in [0.2, 0.25) is 0 Å². The molecular formula is C14H17F3O4. The number of aliphatic hydroxyl groups is 1. The van der Waals surface area contributed by atoms with E-state index in [4.69, 9.17) is 14.2 Å². The molecule has 1 N–H and O–H groups in total. The molecule has 1 aromatic rings. The summed E-state index contributed by atoms with van der Waals surface area (Å²) in [5.74, 6) is 1.16. The first-order valence-electron chi connectivity index (χ1n) is 6.68. The highest BCUT2D eigenvalue weighted by molar-refractivity contribution is 5.44. The average Bonchev–Trinajstić information content (AvgIpc) is 2.45. The number of halogens is 3. The SMILES string of the molecule is OC(COCCCC(F)(F)F)c1ccc2c(c1)OCCO2. The molecule has 1 aromatic carbocycles. The number of hydrogen-bond acceptors (Lipinski definition) is 4. The van der Waals surface area contributed by atoms with Crippen molar-refractivity contribution in [2.24, 2.45) is 0 Å². The second kappa shape index (κ2) is 7.00. The van der Waals surface area contributed by atoms with Crippen molar-refractivity contribution < 1.29 is 32.5 Å². The maximum absolute atomic E-state index is 11.9. The molecule has 0 bridgehead atoms. The first kappa shape index (κ1) is 15.9. The van der Waals surface area contributed by atoms with Crippen LogP contribution in [0.25, 0.3) is 0 Å². The van der Waals surface area contributed by atoms with Crippen molar-refractivity contribution in [3.05, 3.63) is 23.8 Å². The van der Waals surface area contributed by atoms with E-state index in [-0.39, 0.29) is 19.6 Å². The van der Waals surface area contributed by atoms with Crippen LogP contribution in [-0.4, -0.2) is 37.7 Å². The highest BCUT2D eigenvalue weighted by atomic mass is 19.4. The fraction of sp³-hybridized carbons (Fsp3) is 0.571. The van der Waals surface area contributed by atoms with Crippen molar-refractivity contribution in [3.63, 3.8) is 0 Å². The monoisotopic (exact) mass is 306 g/mol. The van der Waals surface area contributed by atoms with Gasteiger partial charge in [-0.25, -0.2) is 0 Å². The minimum atomic E-state index is -4.17. The van der Waals surface area contributed by atoms with E-state index < -0.39 is 18.7 Å². The van der Waals surface area contributed by atoms with E-state index in [1.807, 2.05) is 0 Å². The van der Waals surface area contributed by atoms with E-state index in [1.54, 1.807) is 18.2 Å². The summed E-state index contributed by atoms with van der Waals surface area (Å²) in [6.45, 7) is 0.830. The van der Waals surface area contributed by atoms with E-state index in [1.165, 1.54) is 0 Å². The fourth-order valence-corrected chi connectivity index (χ4v) is 1.93. The van der Waals surface area contributed by atoms with Crippen molar-refractivity contribution >= 4 is 0 Å². The quantitative estimate of drug-likeness (QED) is 0.821. The summed E-state index contributed by atoms with van der Waals surface area (Å²) < 4.78 is 51.6. The van der Waals surface area contributed by atoms with Gasteiger partial charge in [0.05, 0.1) is 6.61 Å². The number of hydrogen-bond donors (Lipinski definition) is 1. The molecule has 2 rings (SSSR count). The average molecular weight is 306 g/mol. The van der Waals surface area contributed by atoms with Crippen LogP contribution in [0.2, 0.25) is 0 Å². The maximum Gasteiger partial charge on any atom is 0.389 e. The summed E-state index contributed by atoms with van der Waals surface area (Å²) in [6, 6.07) is 5.02. The van der Waals surface area contributed by atoms with Crippen LogP contribution in [0.3, 0.4) is 0 Å². The van der Waals surface area contributed by atoms with Crippen molar-refractivity contribution in [2.45, 2.75) is 25.1 Å². The molecular weight excluding hydrogens is 289 g/mol. The Hall–Kier alpha value is -1.47. The second-order valence-corrected chi connectivity index (χ2v) is 4.71. The van der Waals surface area contributed by atoms with Crippen molar-refractivity contribution in [2.75, 3.05) is 26.4 Å². The molecule has 0 radical (unpaired) electrons. The van der Waals surface area contributed by atoms with Gasteiger partial charge in [0.15, 0.2) is 11.5 Å². The van der Waals surface area contributed by atoms with Gasteiger partial charge in [0.1, 0.15) is 19.3 Å². The van der Waals surface area contributed by atoms with E-state index in [0.717, 1.165) is 0 Å². The molecule has 0 fully saturated rings. The van der Waals surface area contributed by atoms with Gasteiger partial charge >= 0.3 is 6.18 Å². The minimum Gasteiger partial charge on any atom is -0.486 e. The molecule has 0 amide bonds. The highest BCUT2D eigenvalue weighted by Crippen LogP contribution is 2.32.